The number of carbonyl (C=O) groups excluding carboxylic acids is 1. The van der Waals surface area contributed by atoms with E-state index in [0.29, 0.717) is 24.9 Å². The molecular weight excluding hydrogens is 394 g/mol. The Bertz CT molecular complexity index is 764. The zero-order valence-corrected chi connectivity index (χ0v) is 20.0. The average Bonchev–Trinajstić information content (AvgIpc) is 3.48. The smallest absolute Gasteiger partial charge is 0.408 e. The van der Waals surface area contributed by atoms with Crippen LogP contribution in [0, 0.1) is 11.8 Å². The fraction of sp³-hybridized carbons (Fsp3) is 0.680. The maximum Gasteiger partial charge on any atom is 0.408 e. The van der Waals surface area contributed by atoms with Crippen molar-refractivity contribution in [1.29, 1.82) is 0 Å². The minimum absolute atomic E-state index is 0.319. The molecule has 1 saturated carbocycles. The minimum atomic E-state index is -1.08. The Kier molecular flexibility index (Phi) is 8.38. The molecule has 31 heavy (non-hydrogen) atoms. The number of rotatable bonds is 10. The van der Waals surface area contributed by atoms with Gasteiger partial charge in [-0.15, -0.1) is 0 Å². The lowest BCUT2D eigenvalue weighted by molar-refractivity contribution is -0.140. The molecule has 0 spiro atoms. The van der Waals surface area contributed by atoms with E-state index in [9.17, 15) is 14.7 Å². The van der Waals surface area contributed by atoms with Crippen LogP contribution in [0.1, 0.15) is 90.7 Å². The SMILES string of the molecule is CC(C)c1cccc([C@H](C)C2CC2)c1OCCC(C)[C@@H](NC(=O)OC(C)(C)C)C(=O)O. The predicted octanol–water partition coefficient (Wildman–Crippen LogP) is 5.71. The standard InChI is InChI=1S/C25H39NO5/c1-15(2)19-9-8-10-20(17(4)18-11-12-18)22(19)30-14-13-16(3)21(23(27)28)26-24(29)31-25(5,6)7/h8-10,15-18,21H,11-14H2,1-7H3,(H,26,29)(H,27,28)/t16?,17-,21-/m1/s1. The van der Waals surface area contributed by atoms with Crippen molar-refractivity contribution in [1.82, 2.24) is 5.32 Å². The van der Waals surface area contributed by atoms with Crippen LogP contribution >= 0.6 is 0 Å². The van der Waals surface area contributed by atoms with Crippen LogP contribution in [0.4, 0.5) is 4.79 Å². The van der Waals surface area contributed by atoms with E-state index in [1.54, 1.807) is 20.8 Å². The molecule has 0 radical (unpaired) electrons. The van der Waals surface area contributed by atoms with Gasteiger partial charge in [-0.3, -0.25) is 0 Å². The van der Waals surface area contributed by atoms with Crippen molar-refractivity contribution in [2.45, 2.75) is 91.2 Å². The molecule has 0 aliphatic heterocycles. The molecule has 6 nitrogen and oxygen atoms in total. The van der Waals surface area contributed by atoms with E-state index in [2.05, 4.69) is 44.3 Å². The Balaban J connectivity index is 2.05. The summed E-state index contributed by atoms with van der Waals surface area (Å²) in [6.45, 7) is 14.0. The van der Waals surface area contributed by atoms with Crippen LogP contribution in [0.3, 0.4) is 0 Å². The minimum Gasteiger partial charge on any atom is -0.493 e. The highest BCUT2D eigenvalue weighted by molar-refractivity contribution is 5.80. The molecule has 1 aromatic carbocycles. The molecule has 0 heterocycles. The number of hydrogen-bond acceptors (Lipinski definition) is 4. The number of alkyl carbamates (subject to hydrolysis) is 1. The Hall–Kier alpha value is -2.24. The summed E-state index contributed by atoms with van der Waals surface area (Å²) < 4.78 is 11.5. The van der Waals surface area contributed by atoms with Crippen LogP contribution in [-0.2, 0) is 9.53 Å². The van der Waals surface area contributed by atoms with Crippen LogP contribution in [0.15, 0.2) is 18.2 Å². The van der Waals surface area contributed by atoms with Crippen LogP contribution in [-0.4, -0.2) is 35.4 Å². The molecule has 0 bridgehead atoms. The normalized spacial score (nSPS) is 17.0. The largest absolute Gasteiger partial charge is 0.493 e. The predicted molar refractivity (Wildman–Crippen MR) is 122 cm³/mol. The zero-order chi connectivity index (χ0) is 23.3. The Morgan fingerprint density at radius 2 is 1.74 bits per heavy atom. The summed E-state index contributed by atoms with van der Waals surface area (Å²) in [7, 11) is 0. The third kappa shape index (κ3) is 7.44. The van der Waals surface area contributed by atoms with Gasteiger partial charge >= 0.3 is 12.1 Å². The maximum atomic E-state index is 12.1. The highest BCUT2D eigenvalue weighted by Crippen LogP contribution is 2.46. The van der Waals surface area contributed by atoms with E-state index in [1.165, 1.54) is 24.0 Å². The molecule has 1 aliphatic rings. The van der Waals surface area contributed by atoms with E-state index in [4.69, 9.17) is 9.47 Å². The average molecular weight is 434 g/mol. The first-order chi connectivity index (χ1) is 14.4. The van der Waals surface area contributed by atoms with Gasteiger partial charge in [0, 0.05) is 0 Å². The summed E-state index contributed by atoms with van der Waals surface area (Å²) in [5, 5.41) is 12.1. The van der Waals surface area contributed by atoms with Gasteiger partial charge in [-0.05, 0) is 74.8 Å². The van der Waals surface area contributed by atoms with Crippen LogP contribution in [0.2, 0.25) is 0 Å². The highest BCUT2D eigenvalue weighted by Gasteiger charge is 2.32. The lowest BCUT2D eigenvalue weighted by atomic mass is 9.90. The molecule has 2 rings (SSSR count). The van der Waals surface area contributed by atoms with Gasteiger partial charge < -0.3 is 19.9 Å². The fourth-order valence-electron chi connectivity index (χ4n) is 3.80. The third-order valence-corrected chi connectivity index (χ3v) is 5.84. The number of carboxylic acid groups (broad SMARTS) is 1. The van der Waals surface area contributed by atoms with E-state index in [1.807, 2.05) is 6.92 Å². The molecule has 0 aromatic heterocycles. The molecule has 1 aliphatic carbocycles. The summed E-state index contributed by atoms with van der Waals surface area (Å²) in [5.74, 6) is 1.05. The number of carbonyl (C=O) groups is 2. The Morgan fingerprint density at radius 1 is 1.13 bits per heavy atom. The summed E-state index contributed by atoms with van der Waals surface area (Å²) >= 11 is 0. The highest BCUT2D eigenvalue weighted by atomic mass is 16.6. The van der Waals surface area contributed by atoms with Crippen molar-refractivity contribution >= 4 is 12.1 Å². The second kappa shape index (κ2) is 10.4. The number of benzene rings is 1. The van der Waals surface area contributed by atoms with Crippen LogP contribution in [0.25, 0.3) is 0 Å². The third-order valence-electron chi connectivity index (χ3n) is 5.84. The second-order valence-electron chi connectivity index (χ2n) is 10.1. The first-order valence-corrected chi connectivity index (χ1v) is 11.4. The molecule has 1 fully saturated rings. The first kappa shape index (κ1) is 25.0. The van der Waals surface area contributed by atoms with Gasteiger partial charge in [0.15, 0.2) is 0 Å². The van der Waals surface area contributed by atoms with Gasteiger partial charge in [0.2, 0.25) is 0 Å². The Morgan fingerprint density at radius 3 is 2.26 bits per heavy atom. The van der Waals surface area contributed by atoms with Crippen molar-refractivity contribution in [2.75, 3.05) is 6.61 Å². The summed E-state index contributed by atoms with van der Waals surface area (Å²) in [6, 6.07) is 5.32. The van der Waals surface area contributed by atoms with Crippen LogP contribution in [0.5, 0.6) is 5.75 Å². The molecular formula is C25H39NO5. The number of nitrogens with one attached hydrogen (secondary N) is 1. The first-order valence-electron chi connectivity index (χ1n) is 11.4. The number of carboxylic acids is 1. The van der Waals surface area contributed by atoms with Crippen molar-refractivity contribution in [3.63, 3.8) is 0 Å². The molecule has 2 N–H and O–H groups in total. The topological polar surface area (TPSA) is 84.9 Å². The molecule has 1 unspecified atom stereocenters. The van der Waals surface area contributed by atoms with Gasteiger partial charge in [0.1, 0.15) is 17.4 Å². The van der Waals surface area contributed by atoms with E-state index in [-0.39, 0.29) is 5.92 Å². The van der Waals surface area contributed by atoms with E-state index >= 15 is 0 Å². The van der Waals surface area contributed by atoms with Gasteiger partial charge in [0.25, 0.3) is 0 Å². The molecule has 3 atom stereocenters. The van der Waals surface area contributed by atoms with Gasteiger partial charge in [-0.25, -0.2) is 9.59 Å². The summed E-state index contributed by atoms with van der Waals surface area (Å²) in [5.41, 5.74) is 1.73. The van der Waals surface area contributed by atoms with Crippen molar-refractivity contribution in [2.24, 2.45) is 11.8 Å². The number of para-hydroxylation sites is 1. The monoisotopic (exact) mass is 433 g/mol. The molecule has 174 valence electrons. The fourth-order valence-corrected chi connectivity index (χ4v) is 3.80. The lowest BCUT2D eigenvalue weighted by Gasteiger charge is -2.26. The van der Waals surface area contributed by atoms with Gasteiger partial charge in [-0.2, -0.15) is 0 Å². The van der Waals surface area contributed by atoms with Crippen molar-refractivity contribution in [3.05, 3.63) is 29.3 Å². The molecule has 1 amide bonds. The maximum absolute atomic E-state index is 12.1. The molecule has 1 aromatic rings. The molecule has 6 heteroatoms. The summed E-state index contributed by atoms with van der Waals surface area (Å²) in [4.78, 5) is 23.8. The van der Waals surface area contributed by atoms with E-state index in [0.717, 1.165) is 11.7 Å². The number of ether oxygens (including phenoxy) is 2. The number of aliphatic carboxylic acids is 1. The second-order valence-corrected chi connectivity index (χ2v) is 10.1. The van der Waals surface area contributed by atoms with Gasteiger partial charge in [-0.1, -0.05) is 45.9 Å². The summed E-state index contributed by atoms with van der Waals surface area (Å²) in [6.07, 6.45) is 2.30. The number of amides is 1. The van der Waals surface area contributed by atoms with Crippen LogP contribution < -0.4 is 10.1 Å². The quantitative estimate of drug-likeness (QED) is 0.494. The van der Waals surface area contributed by atoms with E-state index < -0.39 is 23.7 Å². The zero-order valence-electron chi connectivity index (χ0n) is 20.0. The Labute approximate surface area is 186 Å². The lowest BCUT2D eigenvalue weighted by Crippen LogP contribution is -2.47. The number of hydrogen-bond donors (Lipinski definition) is 2. The molecule has 0 saturated heterocycles. The van der Waals surface area contributed by atoms with Crippen molar-refractivity contribution in [3.8, 4) is 5.75 Å². The van der Waals surface area contributed by atoms with Crippen molar-refractivity contribution < 1.29 is 24.2 Å². The van der Waals surface area contributed by atoms with Gasteiger partial charge in [0.05, 0.1) is 6.61 Å².